The van der Waals surface area contributed by atoms with Gasteiger partial charge in [-0.2, -0.15) is 0 Å². The summed E-state index contributed by atoms with van der Waals surface area (Å²) in [5.74, 6) is 0.827. The first-order valence-electron chi connectivity index (χ1n) is 6.80. The first kappa shape index (κ1) is 12.6. The van der Waals surface area contributed by atoms with Gasteiger partial charge in [0.15, 0.2) is 0 Å². The van der Waals surface area contributed by atoms with Gasteiger partial charge in [0.05, 0.1) is 0 Å². The number of nitrogens with zero attached hydrogens (tertiary/aromatic N) is 1. The highest BCUT2D eigenvalue weighted by molar-refractivity contribution is 5.19. The predicted molar refractivity (Wildman–Crippen MR) is 72.8 cm³/mol. The maximum atomic E-state index is 5.78. The summed E-state index contributed by atoms with van der Waals surface area (Å²) in [7, 11) is 0. The Balaban J connectivity index is 2.11. The summed E-state index contributed by atoms with van der Waals surface area (Å²) in [6.45, 7) is 5.57. The lowest BCUT2D eigenvalue weighted by Gasteiger charge is -2.37. The third-order valence-electron chi connectivity index (χ3n) is 3.75. The van der Waals surface area contributed by atoms with Crippen molar-refractivity contribution in [2.45, 2.75) is 32.2 Å². The van der Waals surface area contributed by atoms with E-state index in [0.29, 0.717) is 6.04 Å². The molecule has 17 heavy (non-hydrogen) atoms. The van der Waals surface area contributed by atoms with Crippen molar-refractivity contribution in [3.05, 3.63) is 35.9 Å². The van der Waals surface area contributed by atoms with Crippen LogP contribution in [0.5, 0.6) is 0 Å². The van der Waals surface area contributed by atoms with Gasteiger partial charge in [0, 0.05) is 12.6 Å². The Labute approximate surface area is 105 Å². The lowest BCUT2D eigenvalue weighted by molar-refractivity contribution is 0.125. The van der Waals surface area contributed by atoms with Crippen molar-refractivity contribution >= 4 is 0 Å². The van der Waals surface area contributed by atoms with Crippen LogP contribution in [0.15, 0.2) is 30.3 Å². The van der Waals surface area contributed by atoms with Crippen molar-refractivity contribution in [2.75, 3.05) is 19.6 Å². The highest BCUT2D eigenvalue weighted by atomic mass is 15.2. The Morgan fingerprint density at radius 3 is 2.76 bits per heavy atom. The van der Waals surface area contributed by atoms with Gasteiger partial charge in [0.25, 0.3) is 0 Å². The van der Waals surface area contributed by atoms with Gasteiger partial charge in [-0.3, -0.25) is 4.90 Å². The van der Waals surface area contributed by atoms with Crippen LogP contribution < -0.4 is 5.73 Å². The monoisotopic (exact) mass is 232 g/mol. The van der Waals surface area contributed by atoms with E-state index in [9.17, 15) is 0 Å². The standard InChI is InChI=1S/C15H24N2/c1-13-6-5-11-17(12-13)15(9-10-16)14-7-3-2-4-8-14/h2-4,7-8,13,15H,5-6,9-12,16H2,1H3. The predicted octanol–water partition coefficient (Wildman–Crippen LogP) is 2.81. The lowest BCUT2D eigenvalue weighted by atomic mass is 9.95. The van der Waals surface area contributed by atoms with Crippen LogP contribution >= 0.6 is 0 Å². The van der Waals surface area contributed by atoms with Gasteiger partial charge >= 0.3 is 0 Å². The number of benzene rings is 1. The van der Waals surface area contributed by atoms with Crippen molar-refractivity contribution in [3.8, 4) is 0 Å². The van der Waals surface area contributed by atoms with Crippen molar-refractivity contribution in [1.82, 2.24) is 4.90 Å². The van der Waals surface area contributed by atoms with Crippen LogP contribution in [0.1, 0.15) is 37.8 Å². The van der Waals surface area contributed by atoms with Crippen molar-refractivity contribution < 1.29 is 0 Å². The first-order valence-corrected chi connectivity index (χ1v) is 6.80. The Morgan fingerprint density at radius 1 is 1.35 bits per heavy atom. The fraction of sp³-hybridized carbons (Fsp3) is 0.600. The third kappa shape index (κ3) is 3.30. The minimum absolute atomic E-state index is 0.518. The zero-order valence-electron chi connectivity index (χ0n) is 10.8. The average Bonchev–Trinajstić information content (AvgIpc) is 2.37. The van der Waals surface area contributed by atoms with Gasteiger partial charge in [0.1, 0.15) is 0 Å². The molecule has 2 unspecified atom stereocenters. The molecular formula is C15H24N2. The molecule has 1 heterocycles. The minimum atomic E-state index is 0.518. The molecule has 1 aromatic rings. The van der Waals surface area contributed by atoms with E-state index in [-0.39, 0.29) is 0 Å². The van der Waals surface area contributed by atoms with Crippen LogP contribution in [0.3, 0.4) is 0 Å². The molecule has 2 heteroatoms. The molecule has 94 valence electrons. The van der Waals surface area contributed by atoms with E-state index in [2.05, 4.69) is 42.2 Å². The molecule has 0 aliphatic carbocycles. The number of nitrogens with two attached hydrogens (primary N) is 1. The summed E-state index contributed by atoms with van der Waals surface area (Å²) in [5, 5.41) is 0. The normalized spacial score (nSPS) is 23.5. The van der Waals surface area contributed by atoms with Crippen molar-refractivity contribution in [1.29, 1.82) is 0 Å². The average molecular weight is 232 g/mol. The summed E-state index contributed by atoms with van der Waals surface area (Å²) in [5.41, 5.74) is 7.20. The Hall–Kier alpha value is -0.860. The number of likely N-dealkylation sites (tertiary alicyclic amines) is 1. The fourth-order valence-corrected chi connectivity index (χ4v) is 2.90. The van der Waals surface area contributed by atoms with E-state index in [0.717, 1.165) is 18.9 Å². The summed E-state index contributed by atoms with van der Waals surface area (Å²) in [4.78, 5) is 2.62. The van der Waals surface area contributed by atoms with Crippen molar-refractivity contribution in [3.63, 3.8) is 0 Å². The Bertz CT molecular complexity index is 323. The molecule has 0 saturated carbocycles. The molecule has 2 rings (SSSR count). The van der Waals surface area contributed by atoms with E-state index in [1.54, 1.807) is 0 Å². The van der Waals surface area contributed by atoms with Crippen LogP contribution in [0.4, 0.5) is 0 Å². The van der Waals surface area contributed by atoms with Gasteiger partial charge in [-0.25, -0.2) is 0 Å². The Kier molecular flexibility index (Phi) is 4.57. The summed E-state index contributed by atoms with van der Waals surface area (Å²) in [6.07, 6.45) is 3.77. The number of rotatable bonds is 4. The molecule has 0 spiro atoms. The quantitative estimate of drug-likeness (QED) is 0.865. The molecule has 0 bridgehead atoms. The van der Waals surface area contributed by atoms with Gasteiger partial charge in [0.2, 0.25) is 0 Å². The van der Waals surface area contributed by atoms with Gasteiger partial charge < -0.3 is 5.73 Å². The van der Waals surface area contributed by atoms with Gasteiger partial charge in [-0.1, -0.05) is 37.3 Å². The van der Waals surface area contributed by atoms with E-state index < -0.39 is 0 Å². The first-order chi connectivity index (χ1) is 8.31. The van der Waals surface area contributed by atoms with E-state index in [1.165, 1.54) is 31.5 Å². The largest absolute Gasteiger partial charge is 0.330 e. The maximum absolute atomic E-state index is 5.78. The molecule has 2 N–H and O–H groups in total. The number of piperidine rings is 1. The summed E-state index contributed by atoms with van der Waals surface area (Å²) < 4.78 is 0. The molecule has 0 amide bonds. The maximum Gasteiger partial charge on any atom is 0.0360 e. The second-order valence-corrected chi connectivity index (χ2v) is 5.25. The molecule has 1 fully saturated rings. The zero-order chi connectivity index (χ0) is 12.1. The van der Waals surface area contributed by atoms with E-state index >= 15 is 0 Å². The molecular weight excluding hydrogens is 208 g/mol. The van der Waals surface area contributed by atoms with Crippen LogP contribution in [0, 0.1) is 5.92 Å². The second-order valence-electron chi connectivity index (χ2n) is 5.25. The Morgan fingerprint density at radius 2 is 2.12 bits per heavy atom. The van der Waals surface area contributed by atoms with Crippen LogP contribution in [0.25, 0.3) is 0 Å². The number of hydrogen-bond acceptors (Lipinski definition) is 2. The molecule has 0 radical (unpaired) electrons. The fourth-order valence-electron chi connectivity index (χ4n) is 2.90. The summed E-state index contributed by atoms with van der Waals surface area (Å²) >= 11 is 0. The molecule has 1 aliphatic heterocycles. The second kappa shape index (κ2) is 6.18. The highest BCUT2D eigenvalue weighted by Gasteiger charge is 2.24. The molecule has 0 aromatic heterocycles. The molecule has 1 aliphatic rings. The molecule has 1 aromatic carbocycles. The van der Waals surface area contributed by atoms with Gasteiger partial charge in [-0.15, -0.1) is 0 Å². The number of hydrogen-bond donors (Lipinski definition) is 1. The lowest BCUT2D eigenvalue weighted by Crippen LogP contribution is -2.38. The molecule has 1 saturated heterocycles. The van der Waals surface area contributed by atoms with Crippen molar-refractivity contribution in [2.24, 2.45) is 11.7 Å². The van der Waals surface area contributed by atoms with Crippen LogP contribution in [-0.2, 0) is 0 Å². The molecule has 2 atom stereocenters. The van der Waals surface area contributed by atoms with Crippen LogP contribution in [-0.4, -0.2) is 24.5 Å². The SMILES string of the molecule is CC1CCCN(C(CCN)c2ccccc2)C1. The smallest absolute Gasteiger partial charge is 0.0360 e. The summed E-state index contributed by atoms with van der Waals surface area (Å²) in [6, 6.07) is 11.3. The third-order valence-corrected chi connectivity index (χ3v) is 3.75. The van der Waals surface area contributed by atoms with E-state index in [1.807, 2.05) is 0 Å². The van der Waals surface area contributed by atoms with Crippen LogP contribution in [0.2, 0.25) is 0 Å². The topological polar surface area (TPSA) is 29.3 Å². The van der Waals surface area contributed by atoms with Gasteiger partial charge in [-0.05, 0) is 43.8 Å². The molecule has 2 nitrogen and oxygen atoms in total. The van der Waals surface area contributed by atoms with E-state index in [4.69, 9.17) is 5.73 Å². The minimum Gasteiger partial charge on any atom is -0.330 e. The zero-order valence-corrected chi connectivity index (χ0v) is 10.8. The highest BCUT2D eigenvalue weighted by Crippen LogP contribution is 2.28.